The predicted molar refractivity (Wildman–Crippen MR) is 101 cm³/mol. The van der Waals surface area contributed by atoms with E-state index in [1.54, 1.807) is 0 Å². The molecule has 0 aliphatic carbocycles. The van der Waals surface area contributed by atoms with Gasteiger partial charge in [-0.3, -0.25) is 4.79 Å². The van der Waals surface area contributed by atoms with E-state index in [0.29, 0.717) is 12.6 Å². The Balaban J connectivity index is 1.59. The second-order valence-electron chi connectivity index (χ2n) is 7.05. The van der Waals surface area contributed by atoms with Gasteiger partial charge in [-0.15, -0.1) is 0 Å². The molecule has 4 nitrogen and oxygen atoms in total. The van der Waals surface area contributed by atoms with Crippen molar-refractivity contribution in [2.75, 3.05) is 38.6 Å². The molecular formula is C21H29N3O+2. The zero-order valence-electron chi connectivity index (χ0n) is 15.2. The number of aryl methyl sites for hydroxylation is 1. The Morgan fingerprint density at radius 2 is 1.84 bits per heavy atom. The van der Waals surface area contributed by atoms with Crippen LogP contribution < -0.4 is 15.1 Å². The number of benzene rings is 2. The zero-order chi connectivity index (χ0) is 17.6. The van der Waals surface area contributed by atoms with Crippen molar-refractivity contribution in [2.24, 2.45) is 0 Å². The van der Waals surface area contributed by atoms with E-state index in [4.69, 9.17) is 0 Å². The largest absolute Gasteiger partial charge is 0.333 e. The molecule has 0 unspecified atom stereocenters. The highest BCUT2D eigenvalue weighted by Gasteiger charge is 2.24. The third kappa shape index (κ3) is 4.27. The molecule has 4 heteroatoms. The molecule has 3 N–H and O–H groups in total. The maximum atomic E-state index is 12.7. The molecule has 1 atom stereocenters. The fourth-order valence-electron chi connectivity index (χ4n) is 3.67. The van der Waals surface area contributed by atoms with Crippen molar-refractivity contribution in [3.05, 3.63) is 65.7 Å². The Morgan fingerprint density at radius 3 is 2.60 bits per heavy atom. The number of carbonyl (C=O) groups excluding carboxylic acids is 1. The monoisotopic (exact) mass is 339 g/mol. The fourth-order valence-corrected chi connectivity index (χ4v) is 3.67. The number of quaternary nitrogens is 2. The average Bonchev–Trinajstić information content (AvgIpc) is 2.65. The number of nitrogens with zero attached hydrogens (tertiary/aromatic N) is 1. The van der Waals surface area contributed by atoms with Crippen molar-refractivity contribution in [3.63, 3.8) is 0 Å². The number of hydrogen-bond acceptors (Lipinski definition) is 1. The van der Waals surface area contributed by atoms with Crippen LogP contribution in [-0.2, 0) is 11.2 Å². The second-order valence-corrected chi connectivity index (χ2v) is 7.05. The van der Waals surface area contributed by atoms with E-state index in [2.05, 4.69) is 61.9 Å². The van der Waals surface area contributed by atoms with E-state index >= 15 is 0 Å². The topological polar surface area (TPSA) is 41.4 Å². The van der Waals surface area contributed by atoms with Gasteiger partial charge in [0.1, 0.15) is 6.54 Å². The molecule has 0 saturated heterocycles. The predicted octanol–water partition coefficient (Wildman–Crippen LogP) is 0.415. The van der Waals surface area contributed by atoms with E-state index in [-0.39, 0.29) is 5.91 Å². The summed E-state index contributed by atoms with van der Waals surface area (Å²) in [6.45, 7) is 2.25. The molecule has 1 heterocycles. The zero-order valence-corrected chi connectivity index (χ0v) is 15.2. The third-order valence-corrected chi connectivity index (χ3v) is 5.03. The smallest absolute Gasteiger partial charge is 0.282 e. The summed E-state index contributed by atoms with van der Waals surface area (Å²) in [5.41, 5.74) is 3.72. The summed E-state index contributed by atoms with van der Waals surface area (Å²) in [6.07, 6.45) is 2.13. The van der Waals surface area contributed by atoms with Crippen LogP contribution in [0.5, 0.6) is 0 Å². The molecule has 1 aliphatic rings. The molecule has 1 amide bonds. The van der Waals surface area contributed by atoms with Crippen LogP contribution in [0.25, 0.3) is 0 Å². The molecule has 1 aliphatic heterocycles. The highest BCUT2D eigenvalue weighted by Crippen LogP contribution is 2.26. The van der Waals surface area contributed by atoms with Crippen LogP contribution in [0.2, 0.25) is 0 Å². The number of anilines is 1. The Morgan fingerprint density at radius 1 is 1.12 bits per heavy atom. The Labute approximate surface area is 150 Å². The molecule has 25 heavy (non-hydrogen) atoms. The van der Waals surface area contributed by atoms with Gasteiger partial charge in [-0.25, -0.2) is 0 Å². The van der Waals surface area contributed by atoms with Crippen molar-refractivity contribution in [1.82, 2.24) is 0 Å². The minimum Gasteiger partial charge on any atom is -0.333 e. The fraction of sp³-hybridized carbons (Fsp3) is 0.381. The van der Waals surface area contributed by atoms with Crippen LogP contribution in [0, 0.1) is 0 Å². The number of fused-ring (bicyclic) bond motifs is 1. The number of nitrogens with two attached hydrogens (primary N) is 1. The van der Waals surface area contributed by atoms with E-state index in [9.17, 15) is 4.79 Å². The Hall–Kier alpha value is -2.17. The highest BCUT2D eigenvalue weighted by atomic mass is 16.2. The van der Waals surface area contributed by atoms with Gasteiger partial charge in [0.05, 0.1) is 14.1 Å². The molecule has 0 fully saturated rings. The molecule has 2 aromatic rings. The second kappa shape index (κ2) is 8.28. The van der Waals surface area contributed by atoms with Crippen molar-refractivity contribution in [2.45, 2.75) is 18.9 Å². The molecule has 0 saturated carbocycles. The number of hydrogen-bond donors (Lipinski definition) is 2. The van der Waals surface area contributed by atoms with Crippen molar-refractivity contribution in [3.8, 4) is 0 Å². The summed E-state index contributed by atoms with van der Waals surface area (Å²) in [7, 11) is 4.35. The number of nitrogens with one attached hydrogen (secondary N) is 1. The van der Waals surface area contributed by atoms with Crippen LogP contribution >= 0.6 is 0 Å². The summed E-state index contributed by atoms with van der Waals surface area (Å²) in [5, 5.41) is 2.16. The van der Waals surface area contributed by atoms with Crippen LogP contribution in [-0.4, -0.2) is 39.6 Å². The number of rotatable bonds is 6. The van der Waals surface area contributed by atoms with Crippen LogP contribution in [0.1, 0.15) is 23.6 Å². The lowest BCUT2D eigenvalue weighted by Gasteiger charge is -2.29. The van der Waals surface area contributed by atoms with Gasteiger partial charge in [0.2, 0.25) is 0 Å². The third-order valence-electron chi connectivity index (χ3n) is 5.03. The minimum atomic E-state index is 0.215. The van der Waals surface area contributed by atoms with Crippen LogP contribution in [0.15, 0.2) is 54.6 Å². The van der Waals surface area contributed by atoms with E-state index in [1.165, 1.54) is 16.0 Å². The first-order chi connectivity index (χ1) is 12.2. The summed E-state index contributed by atoms with van der Waals surface area (Å²) in [5.74, 6) is 0.215. The maximum absolute atomic E-state index is 12.7. The molecule has 0 bridgehead atoms. The lowest BCUT2D eigenvalue weighted by atomic mass is 10.0. The van der Waals surface area contributed by atoms with Gasteiger partial charge in [-0.2, -0.15) is 0 Å². The van der Waals surface area contributed by atoms with Gasteiger partial charge in [0, 0.05) is 17.8 Å². The molecule has 3 rings (SSSR count). The molecule has 0 radical (unpaired) electrons. The minimum absolute atomic E-state index is 0.215. The van der Waals surface area contributed by atoms with Crippen molar-refractivity contribution in [1.29, 1.82) is 0 Å². The van der Waals surface area contributed by atoms with E-state index < -0.39 is 0 Å². The lowest BCUT2D eigenvalue weighted by molar-refractivity contribution is -0.908. The number of likely N-dealkylation sites (N-methyl/N-ethyl adjacent to an activating group) is 1. The van der Waals surface area contributed by atoms with Crippen LogP contribution in [0.4, 0.5) is 5.69 Å². The quantitative estimate of drug-likeness (QED) is 0.787. The standard InChI is InChI=1S/C21H27N3O/c1-23(2)20(18-9-4-3-5-10-18)15-22-16-21(25)24-14-8-12-17-11-6-7-13-19(17)24/h3-7,9-11,13,20,22H,8,12,14-16H2,1-2H3/p+2/t20-/m0/s1. The number of amides is 1. The molecule has 132 valence electrons. The van der Waals surface area contributed by atoms with E-state index in [0.717, 1.165) is 31.6 Å². The van der Waals surface area contributed by atoms with Crippen LogP contribution in [0.3, 0.4) is 0 Å². The highest BCUT2D eigenvalue weighted by molar-refractivity contribution is 5.95. The first-order valence-corrected chi connectivity index (χ1v) is 9.21. The normalized spacial score (nSPS) is 15.1. The number of carbonyl (C=O) groups is 1. The Bertz CT molecular complexity index is 699. The van der Waals surface area contributed by atoms with Crippen molar-refractivity contribution >= 4 is 11.6 Å². The maximum Gasteiger partial charge on any atom is 0.282 e. The SMILES string of the molecule is C[NH+](C)[C@@H](C[NH2+]CC(=O)N1CCCc2ccccc21)c1ccccc1. The van der Waals surface area contributed by atoms with Gasteiger partial charge in [-0.05, 0) is 24.5 Å². The molecule has 0 aromatic heterocycles. The molecule has 2 aromatic carbocycles. The van der Waals surface area contributed by atoms with Gasteiger partial charge in [0.15, 0.2) is 12.6 Å². The lowest BCUT2D eigenvalue weighted by Crippen LogP contribution is -3.09. The van der Waals surface area contributed by atoms with Crippen molar-refractivity contribution < 1.29 is 15.0 Å². The summed E-state index contributed by atoms with van der Waals surface area (Å²) >= 11 is 0. The number of para-hydroxylation sites is 1. The van der Waals surface area contributed by atoms with Gasteiger partial charge >= 0.3 is 0 Å². The molecule has 0 spiro atoms. The summed E-state index contributed by atoms with van der Waals surface area (Å²) in [4.78, 5) is 16.1. The summed E-state index contributed by atoms with van der Waals surface area (Å²) in [6, 6.07) is 19.3. The summed E-state index contributed by atoms with van der Waals surface area (Å²) < 4.78 is 0. The Kier molecular flexibility index (Phi) is 5.84. The first kappa shape index (κ1) is 17.6. The molecular weight excluding hydrogens is 310 g/mol. The average molecular weight is 339 g/mol. The first-order valence-electron chi connectivity index (χ1n) is 9.21. The van der Waals surface area contributed by atoms with E-state index in [1.807, 2.05) is 17.0 Å². The van der Waals surface area contributed by atoms with Gasteiger partial charge in [-0.1, -0.05) is 48.5 Å². The van der Waals surface area contributed by atoms with Gasteiger partial charge < -0.3 is 15.1 Å². The van der Waals surface area contributed by atoms with Gasteiger partial charge in [0.25, 0.3) is 5.91 Å².